The van der Waals surface area contributed by atoms with E-state index in [1.54, 1.807) is 0 Å². The SMILES string of the molecule is CCNC(=NCc1ccccc1CN1CCCC1=O)NCCN1CCOCC1. The number of hydrogen-bond acceptors (Lipinski definition) is 4. The maximum Gasteiger partial charge on any atom is 0.222 e. The van der Waals surface area contributed by atoms with Crippen LogP contribution in [0.2, 0.25) is 0 Å². The van der Waals surface area contributed by atoms with Gasteiger partial charge < -0.3 is 20.3 Å². The molecule has 28 heavy (non-hydrogen) atoms. The minimum Gasteiger partial charge on any atom is -0.379 e. The van der Waals surface area contributed by atoms with Crippen molar-refractivity contribution in [2.75, 3.05) is 52.5 Å². The van der Waals surface area contributed by atoms with Gasteiger partial charge in [0.25, 0.3) is 0 Å². The van der Waals surface area contributed by atoms with Gasteiger partial charge in [-0.3, -0.25) is 9.69 Å². The van der Waals surface area contributed by atoms with Crippen LogP contribution in [0, 0.1) is 0 Å². The summed E-state index contributed by atoms with van der Waals surface area (Å²) < 4.78 is 5.40. The lowest BCUT2D eigenvalue weighted by Crippen LogP contribution is -2.44. The molecular weight excluding hydrogens is 354 g/mol. The summed E-state index contributed by atoms with van der Waals surface area (Å²) in [5.74, 6) is 1.10. The first-order valence-electron chi connectivity index (χ1n) is 10.4. The predicted octanol–water partition coefficient (Wildman–Crippen LogP) is 1.20. The molecule has 2 saturated heterocycles. The minimum atomic E-state index is 0.261. The van der Waals surface area contributed by atoms with E-state index in [1.165, 1.54) is 11.1 Å². The summed E-state index contributed by atoms with van der Waals surface area (Å²) in [7, 11) is 0. The van der Waals surface area contributed by atoms with Crippen LogP contribution in [0.5, 0.6) is 0 Å². The molecule has 2 N–H and O–H groups in total. The van der Waals surface area contributed by atoms with Gasteiger partial charge in [0.2, 0.25) is 5.91 Å². The summed E-state index contributed by atoms with van der Waals surface area (Å²) in [5, 5.41) is 6.75. The number of guanidine groups is 1. The van der Waals surface area contributed by atoms with Gasteiger partial charge in [0.05, 0.1) is 19.8 Å². The van der Waals surface area contributed by atoms with Gasteiger partial charge in [-0.05, 0) is 24.5 Å². The number of nitrogens with one attached hydrogen (secondary N) is 2. The van der Waals surface area contributed by atoms with Crippen molar-refractivity contribution in [3.8, 4) is 0 Å². The zero-order valence-corrected chi connectivity index (χ0v) is 17.0. The number of amides is 1. The first kappa shape index (κ1) is 20.6. The second-order valence-electron chi connectivity index (χ2n) is 7.26. The Morgan fingerprint density at radius 2 is 1.93 bits per heavy atom. The number of likely N-dealkylation sites (tertiary alicyclic amines) is 1. The Hall–Kier alpha value is -2.12. The number of morpholine rings is 1. The number of ether oxygens (including phenoxy) is 1. The molecule has 1 amide bonds. The molecule has 0 aliphatic carbocycles. The van der Waals surface area contributed by atoms with E-state index in [1.807, 2.05) is 17.0 Å². The van der Waals surface area contributed by atoms with E-state index < -0.39 is 0 Å². The zero-order chi connectivity index (χ0) is 19.6. The highest BCUT2D eigenvalue weighted by atomic mass is 16.5. The van der Waals surface area contributed by atoms with Crippen molar-refractivity contribution < 1.29 is 9.53 Å². The van der Waals surface area contributed by atoms with Crippen LogP contribution in [0.3, 0.4) is 0 Å². The second kappa shape index (κ2) is 11.0. The molecule has 0 unspecified atom stereocenters. The van der Waals surface area contributed by atoms with Gasteiger partial charge in [0, 0.05) is 52.2 Å². The maximum absolute atomic E-state index is 12.0. The molecular formula is C21H33N5O2. The first-order chi connectivity index (χ1) is 13.8. The first-order valence-corrected chi connectivity index (χ1v) is 10.4. The van der Waals surface area contributed by atoms with E-state index in [2.05, 4.69) is 34.6 Å². The third-order valence-corrected chi connectivity index (χ3v) is 5.23. The number of aliphatic imine (C=N–C) groups is 1. The molecule has 7 heteroatoms. The summed E-state index contributed by atoms with van der Waals surface area (Å²) in [6, 6.07) is 8.29. The monoisotopic (exact) mass is 387 g/mol. The van der Waals surface area contributed by atoms with Crippen molar-refractivity contribution in [2.45, 2.75) is 32.9 Å². The van der Waals surface area contributed by atoms with Crippen molar-refractivity contribution in [2.24, 2.45) is 4.99 Å². The fourth-order valence-electron chi connectivity index (χ4n) is 3.61. The zero-order valence-electron chi connectivity index (χ0n) is 17.0. The quantitative estimate of drug-likeness (QED) is 0.518. The Morgan fingerprint density at radius 1 is 1.14 bits per heavy atom. The van der Waals surface area contributed by atoms with Crippen LogP contribution in [-0.2, 0) is 22.6 Å². The molecule has 0 saturated carbocycles. The molecule has 1 aromatic carbocycles. The Kier molecular flexibility index (Phi) is 8.11. The fraction of sp³-hybridized carbons (Fsp3) is 0.619. The summed E-state index contributed by atoms with van der Waals surface area (Å²) in [6.07, 6.45) is 1.65. The van der Waals surface area contributed by atoms with E-state index in [-0.39, 0.29) is 5.91 Å². The minimum absolute atomic E-state index is 0.261. The molecule has 1 aromatic rings. The van der Waals surface area contributed by atoms with Crippen LogP contribution in [-0.4, -0.2) is 74.1 Å². The number of carbonyl (C=O) groups excluding carboxylic acids is 1. The molecule has 0 aromatic heterocycles. The van der Waals surface area contributed by atoms with E-state index in [4.69, 9.17) is 9.73 Å². The number of hydrogen-bond donors (Lipinski definition) is 2. The topological polar surface area (TPSA) is 69.2 Å². The fourth-order valence-corrected chi connectivity index (χ4v) is 3.61. The summed E-state index contributed by atoms with van der Waals surface area (Å²) in [4.78, 5) is 21.1. The highest BCUT2D eigenvalue weighted by Crippen LogP contribution is 2.17. The normalized spacial score (nSPS) is 18.5. The van der Waals surface area contributed by atoms with Crippen molar-refractivity contribution >= 4 is 11.9 Å². The highest BCUT2D eigenvalue weighted by Gasteiger charge is 2.20. The summed E-state index contributed by atoms with van der Waals surface area (Å²) >= 11 is 0. The predicted molar refractivity (Wildman–Crippen MR) is 111 cm³/mol. The number of nitrogens with zero attached hydrogens (tertiary/aromatic N) is 3. The van der Waals surface area contributed by atoms with Crippen molar-refractivity contribution in [1.29, 1.82) is 0 Å². The Morgan fingerprint density at radius 3 is 2.64 bits per heavy atom. The average Bonchev–Trinajstić information content (AvgIpc) is 3.12. The lowest BCUT2D eigenvalue weighted by atomic mass is 10.1. The maximum atomic E-state index is 12.0. The van der Waals surface area contributed by atoms with Gasteiger partial charge in [0.1, 0.15) is 0 Å². The third kappa shape index (κ3) is 6.21. The van der Waals surface area contributed by atoms with Crippen molar-refractivity contribution in [3.05, 3.63) is 35.4 Å². The van der Waals surface area contributed by atoms with Gasteiger partial charge in [-0.1, -0.05) is 24.3 Å². The molecule has 7 nitrogen and oxygen atoms in total. The van der Waals surface area contributed by atoms with E-state index in [9.17, 15) is 4.79 Å². The molecule has 2 heterocycles. The molecule has 2 fully saturated rings. The Bertz CT molecular complexity index is 658. The number of benzene rings is 1. The van der Waals surface area contributed by atoms with Gasteiger partial charge in [0.15, 0.2) is 5.96 Å². The lowest BCUT2D eigenvalue weighted by Gasteiger charge is -2.26. The van der Waals surface area contributed by atoms with Gasteiger partial charge >= 0.3 is 0 Å². The molecule has 3 rings (SSSR count). The molecule has 154 valence electrons. The van der Waals surface area contributed by atoms with Crippen LogP contribution in [0.25, 0.3) is 0 Å². The summed E-state index contributed by atoms with van der Waals surface area (Å²) in [5.41, 5.74) is 2.36. The molecule has 0 radical (unpaired) electrons. The van der Waals surface area contributed by atoms with Crippen molar-refractivity contribution in [1.82, 2.24) is 20.4 Å². The van der Waals surface area contributed by atoms with E-state index in [0.29, 0.717) is 19.5 Å². The average molecular weight is 388 g/mol. The van der Waals surface area contributed by atoms with Crippen LogP contribution in [0.15, 0.2) is 29.3 Å². The van der Waals surface area contributed by atoms with Crippen LogP contribution in [0.4, 0.5) is 0 Å². The third-order valence-electron chi connectivity index (χ3n) is 5.23. The van der Waals surface area contributed by atoms with E-state index >= 15 is 0 Å². The van der Waals surface area contributed by atoms with Gasteiger partial charge in [-0.25, -0.2) is 4.99 Å². The molecule has 2 aliphatic heterocycles. The van der Waals surface area contributed by atoms with Crippen molar-refractivity contribution in [3.63, 3.8) is 0 Å². The van der Waals surface area contributed by atoms with Crippen LogP contribution >= 0.6 is 0 Å². The standard InChI is InChI=1S/C21H33N5O2/c1-2-22-21(23-9-11-25-12-14-28-15-13-25)24-16-18-6-3-4-7-19(18)17-26-10-5-8-20(26)27/h3-4,6-7H,2,5,8-17H2,1H3,(H2,22,23,24). The van der Waals surface area contributed by atoms with Crippen LogP contribution < -0.4 is 10.6 Å². The molecule has 2 aliphatic rings. The Labute approximate surface area is 168 Å². The second-order valence-corrected chi connectivity index (χ2v) is 7.26. The molecule has 0 spiro atoms. The van der Waals surface area contributed by atoms with Gasteiger partial charge in [-0.15, -0.1) is 0 Å². The summed E-state index contributed by atoms with van der Waals surface area (Å²) in [6.45, 7) is 10.5. The Balaban J connectivity index is 1.55. The van der Waals surface area contributed by atoms with Gasteiger partial charge in [-0.2, -0.15) is 0 Å². The smallest absolute Gasteiger partial charge is 0.222 e. The molecule has 0 bridgehead atoms. The number of rotatable bonds is 8. The highest BCUT2D eigenvalue weighted by molar-refractivity contribution is 5.79. The molecule has 0 atom stereocenters. The van der Waals surface area contributed by atoms with Crippen LogP contribution in [0.1, 0.15) is 30.9 Å². The lowest BCUT2D eigenvalue weighted by molar-refractivity contribution is -0.128. The largest absolute Gasteiger partial charge is 0.379 e. The number of carbonyl (C=O) groups is 1. The van der Waals surface area contributed by atoms with E-state index in [0.717, 1.165) is 64.9 Å².